The molecular formula is C21H21NO. The van der Waals surface area contributed by atoms with Gasteiger partial charge in [-0.1, -0.05) is 67.6 Å². The average Bonchev–Trinajstić information content (AvgIpc) is 2.57. The van der Waals surface area contributed by atoms with Crippen molar-refractivity contribution >= 4 is 22.4 Å². The highest BCUT2D eigenvalue weighted by atomic mass is 16.1. The van der Waals surface area contributed by atoms with Gasteiger partial charge in [-0.3, -0.25) is 4.79 Å². The number of hydrogen-bond acceptors (Lipinski definition) is 1. The standard InChI is InChI=1S/C21H21NO/c1-3-16-10-6-8-15(2)21(16)22-20(23)14-18-12-7-11-17-9-4-5-13-19(17)18/h4-13H,3,14H2,1-2H3,(H,22,23). The van der Waals surface area contributed by atoms with Crippen LogP contribution in [0.5, 0.6) is 0 Å². The van der Waals surface area contributed by atoms with E-state index in [0.717, 1.165) is 28.6 Å². The second-order valence-corrected chi connectivity index (χ2v) is 5.83. The zero-order valence-electron chi connectivity index (χ0n) is 13.6. The van der Waals surface area contributed by atoms with Crippen LogP contribution in [0, 0.1) is 6.92 Å². The first kappa shape index (κ1) is 15.3. The van der Waals surface area contributed by atoms with E-state index in [-0.39, 0.29) is 5.91 Å². The van der Waals surface area contributed by atoms with Gasteiger partial charge in [0.05, 0.1) is 6.42 Å². The first-order chi connectivity index (χ1) is 11.2. The molecule has 0 aromatic heterocycles. The number of carbonyl (C=O) groups is 1. The molecule has 0 heterocycles. The van der Waals surface area contributed by atoms with E-state index < -0.39 is 0 Å². The van der Waals surface area contributed by atoms with Gasteiger partial charge < -0.3 is 5.32 Å². The lowest BCUT2D eigenvalue weighted by atomic mass is 10.0. The Labute approximate surface area is 137 Å². The average molecular weight is 303 g/mol. The predicted octanol–water partition coefficient (Wildman–Crippen LogP) is 4.89. The van der Waals surface area contributed by atoms with Gasteiger partial charge in [0.1, 0.15) is 0 Å². The summed E-state index contributed by atoms with van der Waals surface area (Å²) in [5.74, 6) is 0.0327. The maximum Gasteiger partial charge on any atom is 0.228 e. The molecular weight excluding hydrogens is 282 g/mol. The summed E-state index contributed by atoms with van der Waals surface area (Å²) >= 11 is 0. The third-order valence-electron chi connectivity index (χ3n) is 4.24. The summed E-state index contributed by atoms with van der Waals surface area (Å²) in [7, 11) is 0. The molecule has 116 valence electrons. The molecule has 0 radical (unpaired) electrons. The number of carbonyl (C=O) groups excluding carboxylic acids is 1. The fraction of sp³-hybridized carbons (Fsp3) is 0.190. The van der Waals surface area contributed by atoms with Crippen molar-refractivity contribution in [2.24, 2.45) is 0 Å². The Morgan fingerprint density at radius 1 is 0.913 bits per heavy atom. The van der Waals surface area contributed by atoms with Crippen LogP contribution in [0.15, 0.2) is 60.7 Å². The molecule has 0 bridgehead atoms. The van der Waals surface area contributed by atoms with E-state index in [2.05, 4.69) is 36.5 Å². The minimum Gasteiger partial charge on any atom is -0.325 e. The Bertz CT molecular complexity index is 846. The van der Waals surface area contributed by atoms with Crippen LogP contribution < -0.4 is 5.32 Å². The van der Waals surface area contributed by atoms with E-state index in [1.165, 1.54) is 10.9 Å². The summed E-state index contributed by atoms with van der Waals surface area (Å²) in [5, 5.41) is 5.42. The summed E-state index contributed by atoms with van der Waals surface area (Å²) in [5.41, 5.74) is 4.30. The number of para-hydroxylation sites is 1. The van der Waals surface area contributed by atoms with Gasteiger partial charge >= 0.3 is 0 Å². The fourth-order valence-corrected chi connectivity index (χ4v) is 3.01. The van der Waals surface area contributed by atoms with Crippen LogP contribution in [0.1, 0.15) is 23.6 Å². The Morgan fingerprint density at radius 3 is 2.43 bits per heavy atom. The van der Waals surface area contributed by atoms with Gasteiger partial charge in [0.15, 0.2) is 0 Å². The predicted molar refractivity (Wildman–Crippen MR) is 96.8 cm³/mol. The van der Waals surface area contributed by atoms with Crippen molar-refractivity contribution in [1.29, 1.82) is 0 Å². The number of amides is 1. The monoisotopic (exact) mass is 303 g/mol. The lowest BCUT2D eigenvalue weighted by Gasteiger charge is -2.13. The zero-order valence-corrected chi connectivity index (χ0v) is 13.6. The third kappa shape index (κ3) is 3.26. The molecule has 0 saturated heterocycles. The van der Waals surface area contributed by atoms with Crippen molar-refractivity contribution in [3.63, 3.8) is 0 Å². The molecule has 2 nitrogen and oxygen atoms in total. The van der Waals surface area contributed by atoms with Gasteiger partial charge in [-0.2, -0.15) is 0 Å². The second-order valence-electron chi connectivity index (χ2n) is 5.83. The van der Waals surface area contributed by atoms with E-state index in [4.69, 9.17) is 0 Å². The highest BCUT2D eigenvalue weighted by Gasteiger charge is 2.10. The number of hydrogen-bond donors (Lipinski definition) is 1. The largest absolute Gasteiger partial charge is 0.325 e. The van der Waals surface area contributed by atoms with Crippen molar-refractivity contribution < 1.29 is 4.79 Å². The van der Waals surface area contributed by atoms with Crippen LogP contribution in [0.25, 0.3) is 10.8 Å². The van der Waals surface area contributed by atoms with Crippen LogP contribution in [0.4, 0.5) is 5.69 Å². The first-order valence-corrected chi connectivity index (χ1v) is 8.04. The normalized spacial score (nSPS) is 10.7. The van der Waals surface area contributed by atoms with Gasteiger partial charge in [-0.05, 0) is 40.8 Å². The van der Waals surface area contributed by atoms with Crippen molar-refractivity contribution in [2.75, 3.05) is 5.32 Å². The topological polar surface area (TPSA) is 29.1 Å². The fourth-order valence-electron chi connectivity index (χ4n) is 3.01. The maximum atomic E-state index is 12.5. The van der Waals surface area contributed by atoms with Gasteiger partial charge in [-0.15, -0.1) is 0 Å². The molecule has 0 aliphatic heterocycles. The third-order valence-corrected chi connectivity index (χ3v) is 4.24. The van der Waals surface area contributed by atoms with Gasteiger partial charge in [-0.25, -0.2) is 0 Å². The summed E-state index contributed by atoms with van der Waals surface area (Å²) in [4.78, 5) is 12.5. The Morgan fingerprint density at radius 2 is 1.61 bits per heavy atom. The lowest BCUT2D eigenvalue weighted by Crippen LogP contribution is -2.16. The van der Waals surface area contributed by atoms with Crippen LogP contribution in [0.2, 0.25) is 0 Å². The molecule has 1 N–H and O–H groups in total. The van der Waals surface area contributed by atoms with E-state index in [0.29, 0.717) is 6.42 Å². The van der Waals surface area contributed by atoms with Crippen LogP contribution in [0.3, 0.4) is 0 Å². The van der Waals surface area contributed by atoms with Crippen molar-refractivity contribution in [3.05, 3.63) is 77.4 Å². The summed E-state index contributed by atoms with van der Waals surface area (Å²) in [6.45, 7) is 4.14. The van der Waals surface area contributed by atoms with Crippen molar-refractivity contribution in [1.82, 2.24) is 0 Å². The quantitative estimate of drug-likeness (QED) is 0.730. The highest BCUT2D eigenvalue weighted by molar-refractivity contribution is 5.97. The van der Waals surface area contributed by atoms with Gasteiger partial charge in [0.2, 0.25) is 5.91 Å². The molecule has 0 unspecified atom stereocenters. The summed E-state index contributed by atoms with van der Waals surface area (Å²) < 4.78 is 0. The molecule has 0 fully saturated rings. The first-order valence-electron chi connectivity index (χ1n) is 8.04. The zero-order chi connectivity index (χ0) is 16.2. The molecule has 2 heteroatoms. The Kier molecular flexibility index (Phi) is 4.42. The molecule has 0 aliphatic carbocycles. The molecule has 23 heavy (non-hydrogen) atoms. The number of rotatable bonds is 4. The van der Waals surface area contributed by atoms with E-state index >= 15 is 0 Å². The van der Waals surface area contributed by atoms with E-state index in [9.17, 15) is 4.79 Å². The van der Waals surface area contributed by atoms with Crippen LogP contribution >= 0.6 is 0 Å². The van der Waals surface area contributed by atoms with E-state index in [1.807, 2.05) is 43.3 Å². The van der Waals surface area contributed by atoms with Crippen molar-refractivity contribution in [2.45, 2.75) is 26.7 Å². The van der Waals surface area contributed by atoms with Crippen LogP contribution in [-0.4, -0.2) is 5.91 Å². The highest BCUT2D eigenvalue weighted by Crippen LogP contribution is 2.23. The van der Waals surface area contributed by atoms with Gasteiger partial charge in [0, 0.05) is 5.69 Å². The Hall–Kier alpha value is -2.61. The molecule has 3 aromatic carbocycles. The second kappa shape index (κ2) is 6.66. The minimum absolute atomic E-state index is 0.0327. The molecule has 0 aliphatic rings. The molecule has 3 aromatic rings. The molecule has 3 rings (SSSR count). The molecule has 1 amide bonds. The molecule has 0 saturated carbocycles. The summed E-state index contributed by atoms with van der Waals surface area (Å²) in [6.07, 6.45) is 1.30. The van der Waals surface area contributed by atoms with E-state index in [1.54, 1.807) is 0 Å². The molecule has 0 atom stereocenters. The SMILES string of the molecule is CCc1cccc(C)c1NC(=O)Cc1cccc2ccccc12. The van der Waals surface area contributed by atoms with Crippen LogP contribution in [-0.2, 0) is 17.6 Å². The number of anilines is 1. The Balaban J connectivity index is 1.85. The van der Waals surface area contributed by atoms with Gasteiger partial charge in [0.25, 0.3) is 0 Å². The number of benzene rings is 3. The molecule has 0 spiro atoms. The number of fused-ring (bicyclic) bond motifs is 1. The maximum absolute atomic E-state index is 12.5. The number of aryl methyl sites for hydroxylation is 2. The van der Waals surface area contributed by atoms with Crippen molar-refractivity contribution in [3.8, 4) is 0 Å². The summed E-state index contributed by atoms with van der Waals surface area (Å²) in [6, 6.07) is 20.4. The minimum atomic E-state index is 0.0327. The number of nitrogens with one attached hydrogen (secondary N) is 1. The smallest absolute Gasteiger partial charge is 0.228 e. The lowest BCUT2D eigenvalue weighted by molar-refractivity contribution is -0.115.